The number of aryl methyl sites for hydroxylation is 2. The van der Waals surface area contributed by atoms with Crippen LogP contribution in [0.5, 0.6) is 0 Å². The Morgan fingerprint density at radius 3 is 2.75 bits per heavy atom. The van der Waals surface area contributed by atoms with E-state index in [0.717, 1.165) is 27.8 Å². The molecule has 2 rings (SSSR count). The quantitative estimate of drug-likeness (QED) is 0.909. The standard InChI is InChI=1S/C14H18BrFN4/c1-4-11-14(15)13(20(3)19-11)6-12(17-2)9-5-10(16)8-18-7-9/h5,7-8,12,17H,4,6H2,1-3H3. The molecule has 0 spiro atoms. The maximum absolute atomic E-state index is 13.3. The number of nitrogens with one attached hydrogen (secondary N) is 1. The number of hydrogen-bond acceptors (Lipinski definition) is 3. The van der Waals surface area contributed by atoms with Crippen molar-refractivity contribution < 1.29 is 4.39 Å². The third kappa shape index (κ3) is 3.07. The Morgan fingerprint density at radius 1 is 1.45 bits per heavy atom. The Balaban J connectivity index is 2.29. The van der Waals surface area contributed by atoms with E-state index < -0.39 is 0 Å². The summed E-state index contributed by atoms with van der Waals surface area (Å²) >= 11 is 3.61. The Bertz CT molecular complexity index is 597. The highest BCUT2D eigenvalue weighted by atomic mass is 79.9. The molecule has 1 unspecified atom stereocenters. The summed E-state index contributed by atoms with van der Waals surface area (Å²) in [4.78, 5) is 3.91. The van der Waals surface area contributed by atoms with Crippen LogP contribution in [0, 0.1) is 5.82 Å². The molecule has 108 valence electrons. The van der Waals surface area contributed by atoms with E-state index in [2.05, 4.69) is 38.3 Å². The lowest BCUT2D eigenvalue weighted by atomic mass is 10.0. The molecule has 0 aromatic carbocycles. The van der Waals surface area contributed by atoms with Crippen molar-refractivity contribution in [3.63, 3.8) is 0 Å². The van der Waals surface area contributed by atoms with Crippen molar-refractivity contribution in [1.82, 2.24) is 20.1 Å². The molecule has 2 aromatic heterocycles. The van der Waals surface area contributed by atoms with Gasteiger partial charge in [0.2, 0.25) is 0 Å². The van der Waals surface area contributed by atoms with E-state index in [-0.39, 0.29) is 11.9 Å². The minimum absolute atomic E-state index is 0.00499. The van der Waals surface area contributed by atoms with Crippen molar-refractivity contribution in [3.8, 4) is 0 Å². The summed E-state index contributed by atoms with van der Waals surface area (Å²) in [6.07, 6.45) is 4.49. The van der Waals surface area contributed by atoms with Crippen molar-refractivity contribution in [2.45, 2.75) is 25.8 Å². The molecule has 0 aliphatic carbocycles. The van der Waals surface area contributed by atoms with Gasteiger partial charge in [0.15, 0.2) is 0 Å². The molecule has 1 atom stereocenters. The van der Waals surface area contributed by atoms with Crippen molar-refractivity contribution in [1.29, 1.82) is 0 Å². The second kappa shape index (κ2) is 6.45. The summed E-state index contributed by atoms with van der Waals surface area (Å²) in [5.74, 6) is -0.318. The summed E-state index contributed by atoms with van der Waals surface area (Å²) < 4.78 is 16.2. The molecule has 0 aliphatic rings. The van der Waals surface area contributed by atoms with Gasteiger partial charge in [-0.1, -0.05) is 6.92 Å². The first-order valence-electron chi connectivity index (χ1n) is 6.54. The fourth-order valence-electron chi connectivity index (χ4n) is 2.24. The van der Waals surface area contributed by atoms with Gasteiger partial charge >= 0.3 is 0 Å². The highest BCUT2D eigenvalue weighted by Crippen LogP contribution is 2.26. The molecule has 0 saturated heterocycles. The van der Waals surface area contributed by atoms with Crippen molar-refractivity contribution in [2.75, 3.05) is 7.05 Å². The molecule has 20 heavy (non-hydrogen) atoms. The van der Waals surface area contributed by atoms with Crippen LogP contribution in [0.3, 0.4) is 0 Å². The lowest BCUT2D eigenvalue weighted by Gasteiger charge is -2.16. The van der Waals surface area contributed by atoms with Crippen LogP contribution in [0.1, 0.15) is 29.9 Å². The predicted octanol–water partition coefficient (Wildman–Crippen LogP) is 2.78. The summed E-state index contributed by atoms with van der Waals surface area (Å²) in [5, 5.41) is 7.69. The van der Waals surface area contributed by atoms with E-state index >= 15 is 0 Å². The number of halogens is 2. The van der Waals surface area contributed by atoms with Crippen LogP contribution < -0.4 is 5.32 Å². The van der Waals surface area contributed by atoms with Gasteiger partial charge in [0.1, 0.15) is 5.82 Å². The van der Waals surface area contributed by atoms with Gasteiger partial charge in [-0.3, -0.25) is 9.67 Å². The Hall–Kier alpha value is -1.27. The summed E-state index contributed by atoms with van der Waals surface area (Å²) in [6, 6.07) is 1.51. The molecule has 1 N–H and O–H groups in total. The highest BCUT2D eigenvalue weighted by molar-refractivity contribution is 9.10. The topological polar surface area (TPSA) is 42.7 Å². The minimum atomic E-state index is -0.318. The van der Waals surface area contributed by atoms with Crippen molar-refractivity contribution in [3.05, 3.63) is 45.7 Å². The first-order chi connectivity index (χ1) is 9.56. The van der Waals surface area contributed by atoms with Gasteiger partial charge in [-0.05, 0) is 41.0 Å². The second-order valence-corrected chi connectivity index (χ2v) is 5.46. The molecule has 0 saturated carbocycles. The predicted molar refractivity (Wildman–Crippen MR) is 80.0 cm³/mol. The number of pyridine rings is 1. The first-order valence-corrected chi connectivity index (χ1v) is 7.34. The van der Waals surface area contributed by atoms with Crippen LogP contribution in [-0.4, -0.2) is 21.8 Å². The normalized spacial score (nSPS) is 12.7. The van der Waals surface area contributed by atoms with Crippen LogP contribution in [0.15, 0.2) is 22.9 Å². The van der Waals surface area contributed by atoms with E-state index in [4.69, 9.17) is 0 Å². The molecule has 0 amide bonds. The van der Waals surface area contributed by atoms with Crippen LogP contribution in [0.2, 0.25) is 0 Å². The van der Waals surface area contributed by atoms with Crippen LogP contribution >= 0.6 is 15.9 Å². The van der Waals surface area contributed by atoms with Crippen molar-refractivity contribution >= 4 is 15.9 Å². The average Bonchev–Trinajstić information content (AvgIpc) is 2.71. The van der Waals surface area contributed by atoms with E-state index in [1.165, 1.54) is 12.3 Å². The summed E-state index contributed by atoms with van der Waals surface area (Å²) in [7, 11) is 3.79. The largest absolute Gasteiger partial charge is 0.313 e. The Kier molecular flexibility index (Phi) is 4.88. The van der Waals surface area contributed by atoms with Gasteiger partial charge in [0, 0.05) is 25.7 Å². The minimum Gasteiger partial charge on any atom is -0.313 e. The van der Waals surface area contributed by atoms with Gasteiger partial charge in [0.25, 0.3) is 0 Å². The second-order valence-electron chi connectivity index (χ2n) is 4.67. The van der Waals surface area contributed by atoms with Gasteiger partial charge in [0.05, 0.1) is 22.1 Å². The zero-order valence-electron chi connectivity index (χ0n) is 11.8. The van der Waals surface area contributed by atoms with E-state index in [0.29, 0.717) is 6.42 Å². The number of aromatic nitrogens is 3. The van der Waals surface area contributed by atoms with Gasteiger partial charge < -0.3 is 5.32 Å². The zero-order chi connectivity index (χ0) is 14.7. The van der Waals surface area contributed by atoms with Gasteiger partial charge in [-0.2, -0.15) is 5.10 Å². The van der Waals surface area contributed by atoms with Gasteiger partial charge in [-0.15, -0.1) is 0 Å². The fourth-order valence-corrected chi connectivity index (χ4v) is 3.02. The smallest absolute Gasteiger partial charge is 0.141 e. The highest BCUT2D eigenvalue weighted by Gasteiger charge is 2.18. The SMILES string of the molecule is CCc1nn(C)c(CC(NC)c2cncc(F)c2)c1Br. The maximum atomic E-state index is 13.3. The van der Waals surface area contributed by atoms with Crippen LogP contribution in [0.4, 0.5) is 4.39 Å². The molecule has 4 nitrogen and oxygen atoms in total. The molecule has 0 bridgehead atoms. The van der Waals surface area contributed by atoms with Crippen LogP contribution in [0.25, 0.3) is 0 Å². The number of likely N-dealkylation sites (N-methyl/N-ethyl adjacent to an activating group) is 1. The number of hydrogen-bond donors (Lipinski definition) is 1. The molecule has 0 aliphatic heterocycles. The lowest BCUT2D eigenvalue weighted by Crippen LogP contribution is -2.20. The Labute approximate surface area is 126 Å². The van der Waals surface area contributed by atoms with Gasteiger partial charge in [-0.25, -0.2) is 4.39 Å². The Morgan fingerprint density at radius 2 is 2.20 bits per heavy atom. The number of nitrogens with zero attached hydrogens (tertiary/aromatic N) is 3. The molecule has 2 heterocycles. The molecular formula is C14H18BrFN4. The molecule has 6 heteroatoms. The maximum Gasteiger partial charge on any atom is 0.141 e. The first kappa shape index (κ1) is 15.1. The van der Waals surface area contributed by atoms with E-state index in [1.807, 2.05) is 18.8 Å². The monoisotopic (exact) mass is 340 g/mol. The molecule has 0 fully saturated rings. The third-order valence-electron chi connectivity index (χ3n) is 3.38. The average molecular weight is 341 g/mol. The van der Waals surface area contributed by atoms with Crippen molar-refractivity contribution in [2.24, 2.45) is 7.05 Å². The fraction of sp³-hybridized carbons (Fsp3) is 0.429. The summed E-state index contributed by atoms with van der Waals surface area (Å²) in [6.45, 7) is 2.07. The molecule has 2 aromatic rings. The molecule has 0 radical (unpaired) electrons. The lowest BCUT2D eigenvalue weighted by molar-refractivity contribution is 0.549. The van der Waals surface area contributed by atoms with E-state index in [1.54, 1.807) is 6.20 Å². The van der Waals surface area contributed by atoms with E-state index in [9.17, 15) is 4.39 Å². The number of rotatable bonds is 5. The zero-order valence-corrected chi connectivity index (χ0v) is 13.4. The summed E-state index contributed by atoms with van der Waals surface area (Å²) in [5.41, 5.74) is 2.96. The molecular weight excluding hydrogens is 323 g/mol. The van der Waals surface area contributed by atoms with Crippen LogP contribution in [-0.2, 0) is 19.9 Å². The third-order valence-corrected chi connectivity index (χ3v) is 4.29.